The van der Waals surface area contributed by atoms with Crippen LogP contribution >= 0.6 is 0 Å². The van der Waals surface area contributed by atoms with E-state index in [1.54, 1.807) is 6.67 Å². The molecule has 0 fully saturated rings. The number of rotatable bonds is 8. The molecule has 1 aliphatic heterocycles. The van der Waals surface area contributed by atoms with Gasteiger partial charge in [-0.15, -0.1) is 46.6 Å². The largest absolute Gasteiger partial charge is 0.509 e. The molecule has 0 saturated carbocycles. The second-order valence-electron chi connectivity index (χ2n) is 16.0. The van der Waals surface area contributed by atoms with Gasteiger partial charge in [0.2, 0.25) is 0 Å². The maximum atomic E-state index is 8.47. The monoisotopic (exact) mass is 977 g/mol. The standard InChI is InChI=1S/C53H43N4OSi.Pt/c1-53(2,3)38-30-31-54-52(32-38)57-48-25-15-14-24-46(48)47-29-28-40(36-51(47)57)58-41-33-39(56-37-55(4)49-26-16-17-27-50(49)56)34-45(35-41)59(42-18-8-5-9-19-42,43-20-10-6-11-21-43)44-22-12-7-13-23-44;/h5-32,34-35,37H,1-4H3;/q-3;/i4D3;. The van der Waals surface area contributed by atoms with Crippen LogP contribution < -0.4 is 35.3 Å². The van der Waals surface area contributed by atoms with E-state index in [2.05, 4.69) is 177 Å². The number of nitrogens with zero attached hydrogens (tertiary/aromatic N) is 4. The molecule has 298 valence electrons. The third kappa shape index (κ3) is 6.74. The molecule has 0 saturated heterocycles. The normalized spacial score (nSPS) is 13.7. The number of hydrogen-bond donors (Lipinski definition) is 0. The molecule has 0 amide bonds. The number of aromatic nitrogens is 2. The summed E-state index contributed by atoms with van der Waals surface area (Å²) in [6.45, 7) is 5.86. The van der Waals surface area contributed by atoms with E-state index in [4.69, 9.17) is 13.8 Å². The molecule has 0 N–H and O–H groups in total. The van der Waals surface area contributed by atoms with E-state index >= 15 is 0 Å². The predicted octanol–water partition coefficient (Wildman–Crippen LogP) is 9.95. The molecule has 60 heavy (non-hydrogen) atoms. The van der Waals surface area contributed by atoms with Gasteiger partial charge in [-0.25, -0.2) is 4.98 Å². The molecular weight excluding hydrogens is 932 g/mol. The summed E-state index contributed by atoms with van der Waals surface area (Å²) in [7, 11) is -3.10. The zero-order chi connectivity index (χ0) is 42.6. The minimum absolute atomic E-state index is 0. The molecule has 10 rings (SSSR count). The molecule has 7 aromatic carbocycles. The molecule has 0 aliphatic carbocycles. The van der Waals surface area contributed by atoms with E-state index in [0.29, 0.717) is 22.9 Å². The number of hydrogen-bond acceptors (Lipinski definition) is 4. The number of pyridine rings is 1. The molecule has 0 radical (unpaired) electrons. The summed E-state index contributed by atoms with van der Waals surface area (Å²) in [6.07, 6.45) is 1.88. The molecule has 0 atom stereocenters. The number of ether oxygens (including phenoxy) is 1. The maximum Gasteiger partial charge on any atom is 0.155 e. The van der Waals surface area contributed by atoms with Gasteiger partial charge >= 0.3 is 0 Å². The number of benzene rings is 7. The molecule has 2 aromatic heterocycles. The molecule has 9 aromatic rings. The van der Waals surface area contributed by atoms with Crippen LogP contribution in [0.15, 0.2) is 182 Å². The van der Waals surface area contributed by atoms with Crippen molar-refractivity contribution >= 4 is 67.7 Å². The molecule has 5 nitrogen and oxygen atoms in total. The minimum atomic E-state index is -3.10. The third-order valence-corrected chi connectivity index (χ3v) is 16.1. The van der Waals surface area contributed by atoms with E-state index in [1.807, 2.05) is 47.5 Å². The first-order chi connectivity index (χ1) is 30.0. The summed E-state index contributed by atoms with van der Waals surface area (Å²) < 4.78 is 34.6. The van der Waals surface area contributed by atoms with E-state index in [1.165, 1.54) is 26.0 Å². The van der Waals surface area contributed by atoms with Crippen LogP contribution in [0.2, 0.25) is 0 Å². The Labute approximate surface area is 372 Å². The van der Waals surface area contributed by atoms with Crippen LogP contribution in [0.1, 0.15) is 30.4 Å². The van der Waals surface area contributed by atoms with Gasteiger partial charge in [0.25, 0.3) is 0 Å². The van der Waals surface area contributed by atoms with Crippen molar-refractivity contribution in [2.45, 2.75) is 26.2 Å². The smallest absolute Gasteiger partial charge is 0.155 e. The SMILES string of the molecule is [2H]C([2H])([2H])N1[CH-]N(c2[c-]c(Oc3[c-]c4c(cc3)c3ccccc3n4-c3cc(C(C)(C)C)ccn3)cc([Si](c3ccccc3)(c3ccccc3)c3ccccc3)c2)c2ccccc21.[Pt]. The van der Waals surface area contributed by atoms with Gasteiger partial charge in [-0.05, 0) is 69.2 Å². The molecule has 3 heterocycles. The van der Waals surface area contributed by atoms with Crippen molar-refractivity contribution < 1.29 is 29.9 Å². The summed E-state index contributed by atoms with van der Waals surface area (Å²) in [5, 5.41) is 6.75. The Kier molecular flexibility index (Phi) is 9.38. The molecular formula is C53H43N4OPtSi-3. The zero-order valence-corrected chi connectivity index (χ0v) is 36.7. The average Bonchev–Trinajstić information content (AvgIpc) is 3.84. The Morgan fingerprint density at radius 1 is 0.617 bits per heavy atom. The van der Waals surface area contributed by atoms with Crippen LogP contribution in [-0.4, -0.2) is 24.6 Å². The predicted molar refractivity (Wildman–Crippen MR) is 246 cm³/mol. The zero-order valence-electron chi connectivity index (χ0n) is 36.4. The van der Waals surface area contributed by atoms with Gasteiger partial charge in [-0.3, -0.25) is 0 Å². The van der Waals surface area contributed by atoms with Crippen molar-refractivity contribution in [3.05, 3.63) is 206 Å². The third-order valence-electron chi connectivity index (χ3n) is 11.4. The molecule has 7 heteroatoms. The minimum Gasteiger partial charge on any atom is -0.509 e. The van der Waals surface area contributed by atoms with E-state index in [9.17, 15) is 0 Å². The van der Waals surface area contributed by atoms with Crippen molar-refractivity contribution in [3.63, 3.8) is 0 Å². The van der Waals surface area contributed by atoms with Gasteiger partial charge in [0, 0.05) is 59.8 Å². The summed E-state index contributed by atoms with van der Waals surface area (Å²) in [6, 6.07) is 67.9. The Morgan fingerprint density at radius 3 is 1.88 bits per heavy atom. The van der Waals surface area contributed by atoms with Gasteiger partial charge in [-0.1, -0.05) is 148 Å². The Morgan fingerprint density at radius 2 is 1.23 bits per heavy atom. The second kappa shape index (κ2) is 15.8. The van der Waals surface area contributed by atoms with Gasteiger partial charge in [0.15, 0.2) is 8.07 Å². The van der Waals surface area contributed by atoms with Gasteiger partial charge in [-0.2, -0.15) is 12.7 Å². The van der Waals surface area contributed by atoms with Gasteiger partial charge in [0.05, 0.1) is 0 Å². The first-order valence-corrected chi connectivity index (χ1v) is 21.9. The van der Waals surface area contributed by atoms with Crippen molar-refractivity contribution in [2.24, 2.45) is 0 Å². The fraction of sp³-hybridized carbons (Fsp3) is 0.0943. The van der Waals surface area contributed by atoms with Crippen LogP contribution in [0.4, 0.5) is 17.1 Å². The number of anilines is 3. The molecule has 0 bridgehead atoms. The van der Waals surface area contributed by atoms with Crippen molar-refractivity contribution in [1.29, 1.82) is 0 Å². The van der Waals surface area contributed by atoms with Crippen LogP contribution in [0.3, 0.4) is 0 Å². The summed E-state index contributed by atoms with van der Waals surface area (Å²) in [4.78, 5) is 8.14. The summed E-state index contributed by atoms with van der Waals surface area (Å²) in [5.41, 5.74) is 4.94. The van der Waals surface area contributed by atoms with Crippen LogP contribution in [0, 0.1) is 18.8 Å². The Hall–Kier alpha value is -6.20. The topological polar surface area (TPSA) is 33.5 Å². The second-order valence-corrected chi connectivity index (χ2v) is 19.8. The van der Waals surface area contributed by atoms with Gasteiger partial charge < -0.3 is 19.1 Å². The summed E-state index contributed by atoms with van der Waals surface area (Å²) >= 11 is 0. The first-order valence-electron chi connectivity index (χ1n) is 21.4. The van der Waals surface area contributed by atoms with E-state index < -0.39 is 15.0 Å². The van der Waals surface area contributed by atoms with E-state index in [0.717, 1.165) is 38.5 Å². The molecule has 1 aliphatic rings. The van der Waals surface area contributed by atoms with Gasteiger partial charge in [0.1, 0.15) is 5.82 Å². The van der Waals surface area contributed by atoms with E-state index in [-0.39, 0.29) is 26.5 Å². The molecule has 0 spiro atoms. The molecule has 0 unspecified atom stereocenters. The van der Waals surface area contributed by atoms with Crippen LogP contribution in [-0.2, 0) is 26.5 Å². The maximum absolute atomic E-state index is 8.47. The van der Waals surface area contributed by atoms with Crippen molar-refractivity contribution in [1.82, 2.24) is 9.55 Å². The number of para-hydroxylation sites is 3. The Bertz CT molecular complexity index is 2980. The van der Waals surface area contributed by atoms with Crippen molar-refractivity contribution in [2.75, 3.05) is 16.8 Å². The quantitative estimate of drug-likeness (QED) is 0.0864. The number of fused-ring (bicyclic) bond motifs is 4. The fourth-order valence-corrected chi connectivity index (χ4v) is 13.4. The summed E-state index contributed by atoms with van der Waals surface area (Å²) in [5.74, 6) is 1.79. The average molecular weight is 978 g/mol. The fourth-order valence-electron chi connectivity index (χ4n) is 8.60. The van der Waals surface area contributed by atoms with Crippen molar-refractivity contribution in [3.8, 4) is 17.3 Å². The first kappa shape index (κ1) is 35.7. The van der Waals surface area contributed by atoms with Crippen LogP contribution in [0.5, 0.6) is 11.5 Å². The van der Waals surface area contributed by atoms with Crippen LogP contribution in [0.25, 0.3) is 27.6 Å². The Balaban J connectivity index is 0.00000504.